The van der Waals surface area contributed by atoms with Crippen molar-refractivity contribution in [2.75, 3.05) is 7.11 Å². The molecular weight excluding hydrogens is 456 g/mol. The van der Waals surface area contributed by atoms with Gasteiger partial charge in [-0.25, -0.2) is 18.3 Å². The van der Waals surface area contributed by atoms with Gasteiger partial charge in [0.05, 0.1) is 12.8 Å². The smallest absolute Gasteiger partial charge is 0.283 e. The van der Waals surface area contributed by atoms with Gasteiger partial charge in [-0.15, -0.1) is 0 Å². The summed E-state index contributed by atoms with van der Waals surface area (Å²) in [5.74, 6) is -0.478. The number of thioether (sulfide) groups is 1. The van der Waals surface area contributed by atoms with Crippen LogP contribution in [0.5, 0.6) is 5.75 Å². The highest BCUT2D eigenvalue weighted by Crippen LogP contribution is 2.32. The molecule has 0 aliphatic rings. The lowest BCUT2D eigenvalue weighted by Crippen LogP contribution is -2.22. The number of nitrogens with zero attached hydrogens (tertiary/aromatic N) is 2. The molecule has 5 nitrogen and oxygen atoms in total. The molecule has 0 aliphatic heterocycles. The number of aromatic nitrogens is 3. The van der Waals surface area contributed by atoms with Crippen LogP contribution >= 0.6 is 11.8 Å². The Kier molecular flexibility index (Phi) is 5.90. The van der Waals surface area contributed by atoms with Crippen molar-refractivity contribution in [3.8, 4) is 22.6 Å². The lowest BCUT2D eigenvalue weighted by Gasteiger charge is -2.15. The molecule has 5 rings (SSSR count). The Morgan fingerprint density at radius 1 is 1.03 bits per heavy atom. The molecule has 0 unspecified atom stereocenters. The van der Waals surface area contributed by atoms with Gasteiger partial charge >= 0.3 is 0 Å². The number of H-pyrrole nitrogens is 1. The number of methoxy groups -OCH3 is 1. The van der Waals surface area contributed by atoms with Crippen molar-refractivity contribution in [3.05, 3.63) is 107 Å². The van der Waals surface area contributed by atoms with E-state index in [0.717, 1.165) is 41.1 Å². The van der Waals surface area contributed by atoms with E-state index in [1.54, 1.807) is 30.5 Å². The zero-order valence-corrected chi connectivity index (χ0v) is 18.9. The zero-order chi connectivity index (χ0) is 23.7. The molecule has 8 heteroatoms. The van der Waals surface area contributed by atoms with Crippen LogP contribution in [0.4, 0.5) is 8.78 Å². The predicted octanol–water partition coefficient (Wildman–Crippen LogP) is 5.96. The molecule has 34 heavy (non-hydrogen) atoms. The molecule has 0 fully saturated rings. The van der Waals surface area contributed by atoms with Crippen molar-refractivity contribution in [2.45, 2.75) is 10.9 Å². The van der Waals surface area contributed by atoms with Gasteiger partial charge in [0.15, 0.2) is 5.16 Å². The van der Waals surface area contributed by atoms with Crippen LogP contribution in [0.2, 0.25) is 0 Å². The van der Waals surface area contributed by atoms with Gasteiger partial charge < -0.3 is 9.72 Å². The molecule has 0 spiro atoms. The maximum absolute atomic E-state index is 14.3. The van der Waals surface area contributed by atoms with Crippen LogP contribution in [0.3, 0.4) is 0 Å². The van der Waals surface area contributed by atoms with E-state index in [1.807, 2.05) is 30.3 Å². The van der Waals surface area contributed by atoms with E-state index in [9.17, 15) is 13.6 Å². The van der Waals surface area contributed by atoms with Gasteiger partial charge in [-0.2, -0.15) is 0 Å². The number of fused-ring (bicyclic) bond motifs is 1. The molecule has 0 aliphatic carbocycles. The summed E-state index contributed by atoms with van der Waals surface area (Å²) in [4.78, 5) is 21.6. The van der Waals surface area contributed by atoms with Crippen LogP contribution < -0.4 is 10.3 Å². The zero-order valence-electron chi connectivity index (χ0n) is 18.1. The van der Waals surface area contributed by atoms with E-state index in [1.165, 1.54) is 11.7 Å². The van der Waals surface area contributed by atoms with Gasteiger partial charge in [0.25, 0.3) is 5.56 Å². The SMILES string of the molecule is COc1ccccc1-n1c(SCc2cc(F)ccc2F)nc2c(-c3ccccc3)c[nH]c2c1=O. The second-order valence-corrected chi connectivity index (χ2v) is 8.47. The Labute approximate surface area is 198 Å². The van der Waals surface area contributed by atoms with E-state index in [-0.39, 0.29) is 16.9 Å². The van der Waals surface area contributed by atoms with Crippen molar-refractivity contribution in [3.63, 3.8) is 0 Å². The molecule has 0 radical (unpaired) electrons. The van der Waals surface area contributed by atoms with Crippen LogP contribution in [0, 0.1) is 11.6 Å². The molecule has 5 aromatic rings. The van der Waals surface area contributed by atoms with Gasteiger partial charge in [0.1, 0.15) is 28.4 Å². The maximum Gasteiger partial charge on any atom is 0.283 e. The first kappa shape index (κ1) is 21.9. The summed E-state index contributed by atoms with van der Waals surface area (Å²) in [5.41, 5.74) is 2.89. The summed E-state index contributed by atoms with van der Waals surface area (Å²) in [6.07, 6.45) is 1.75. The highest BCUT2D eigenvalue weighted by molar-refractivity contribution is 7.98. The van der Waals surface area contributed by atoms with Gasteiger partial charge in [-0.05, 0) is 35.9 Å². The first-order valence-electron chi connectivity index (χ1n) is 10.5. The minimum absolute atomic E-state index is 0.0851. The summed E-state index contributed by atoms with van der Waals surface area (Å²) in [6, 6.07) is 20.0. The monoisotopic (exact) mass is 475 g/mol. The van der Waals surface area contributed by atoms with Crippen molar-refractivity contribution in [1.29, 1.82) is 0 Å². The van der Waals surface area contributed by atoms with Gasteiger partial charge in [0.2, 0.25) is 0 Å². The molecule has 0 amide bonds. The number of benzene rings is 3. The summed E-state index contributed by atoms with van der Waals surface area (Å²) in [5, 5.41) is 0.336. The van der Waals surface area contributed by atoms with E-state index in [0.29, 0.717) is 27.6 Å². The lowest BCUT2D eigenvalue weighted by molar-refractivity contribution is 0.411. The minimum atomic E-state index is -0.528. The largest absolute Gasteiger partial charge is 0.495 e. The molecule has 0 atom stereocenters. The molecule has 1 N–H and O–H groups in total. The van der Waals surface area contributed by atoms with Crippen LogP contribution in [0.15, 0.2) is 88.9 Å². The second-order valence-electron chi connectivity index (χ2n) is 7.52. The van der Waals surface area contributed by atoms with Crippen molar-refractivity contribution < 1.29 is 13.5 Å². The fourth-order valence-corrected chi connectivity index (χ4v) is 4.77. The normalized spacial score (nSPS) is 11.1. The Balaban J connectivity index is 1.71. The first-order valence-corrected chi connectivity index (χ1v) is 11.4. The number of nitrogens with one attached hydrogen (secondary N) is 1. The van der Waals surface area contributed by atoms with E-state index in [2.05, 4.69) is 4.98 Å². The topological polar surface area (TPSA) is 59.9 Å². The van der Waals surface area contributed by atoms with E-state index < -0.39 is 11.6 Å². The van der Waals surface area contributed by atoms with Gasteiger partial charge in [-0.1, -0.05) is 54.2 Å². The number of hydrogen-bond donors (Lipinski definition) is 1. The van der Waals surface area contributed by atoms with Crippen LogP contribution in [0.25, 0.3) is 27.8 Å². The fraction of sp³-hybridized carbons (Fsp3) is 0.0769. The third kappa shape index (κ3) is 3.97. The molecular formula is C26H19F2N3O2S. The van der Waals surface area contributed by atoms with E-state index >= 15 is 0 Å². The quantitative estimate of drug-likeness (QED) is 0.243. The highest BCUT2D eigenvalue weighted by Gasteiger charge is 2.20. The summed E-state index contributed by atoms with van der Waals surface area (Å²) in [6.45, 7) is 0. The average Bonchev–Trinajstić information content (AvgIpc) is 3.29. The predicted molar refractivity (Wildman–Crippen MR) is 130 cm³/mol. The number of ether oxygens (including phenoxy) is 1. The third-order valence-electron chi connectivity index (χ3n) is 5.44. The van der Waals surface area contributed by atoms with Crippen molar-refractivity contribution in [2.24, 2.45) is 0 Å². The van der Waals surface area contributed by atoms with Gasteiger partial charge in [-0.3, -0.25) is 4.79 Å². The number of para-hydroxylation sites is 2. The standard InChI is InChI=1S/C26H19F2N3O2S/c1-33-22-10-6-5-9-21(22)31-25(32)24-23(19(14-29-24)16-7-3-2-4-8-16)30-26(31)34-15-17-13-18(27)11-12-20(17)28/h2-14,29H,15H2,1H3. The summed E-state index contributed by atoms with van der Waals surface area (Å²) >= 11 is 1.15. The molecule has 2 aromatic heterocycles. The number of aromatic amines is 1. The molecule has 3 aromatic carbocycles. The maximum atomic E-state index is 14.3. The van der Waals surface area contributed by atoms with Crippen LogP contribution in [0.1, 0.15) is 5.56 Å². The first-order chi connectivity index (χ1) is 16.6. The van der Waals surface area contributed by atoms with Crippen molar-refractivity contribution >= 4 is 22.8 Å². The number of hydrogen-bond acceptors (Lipinski definition) is 4. The molecule has 2 heterocycles. The Morgan fingerprint density at radius 2 is 1.79 bits per heavy atom. The number of halogens is 2. The number of rotatable bonds is 6. The highest BCUT2D eigenvalue weighted by atomic mass is 32.2. The molecule has 0 saturated heterocycles. The van der Waals surface area contributed by atoms with Crippen molar-refractivity contribution in [1.82, 2.24) is 14.5 Å². The molecule has 0 bridgehead atoms. The summed E-state index contributed by atoms with van der Waals surface area (Å²) < 4.78 is 34.9. The van der Waals surface area contributed by atoms with E-state index in [4.69, 9.17) is 9.72 Å². The third-order valence-corrected chi connectivity index (χ3v) is 6.43. The minimum Gasteiger partial charge on any atom is -0.495 e. The lowest BCUT2D eigenvalue weighted by atomic mass is 10.1. The Bertz CT molecular complexity index is 1550. The summed E-state index contributed by atoms with van der Waals surface area (Å²) in [7, 11) is 1.52. The average molecular weight is 476 g/mol. The Morgan fingerprint density at radius 3 is 2.59 bits per heavy atom. The molecule has 170 valence electrons. The Hall–Kier alpha value is -3.91. The van der Waals surface area contributed by atoms with Crippen LogP contribution in [-0.4, -0.2) is 21.6 Å². The van der Waals surface area contributed by atoms with Gasteiger partial charge in [0, 0.05) is 23.1 Å². The van der Waals surface area contributed by atoms with Crippen LogP contribution in [-0.2, 0) is 5.75 Å². The molecule has 0 saturated carbocycles. The second kappa shape index (κ2) is 9.15. The fourth-order valence-electron chi connectivity index (χ4n) is 3.80.